The van der Waals surface area contributed by atoms with Crippen LogP contribution in [-0.4, -0.2) is 26.7 Å². The molecule has 0 aliphatic heterocycles. The van der Waals surface area contributed by atoms with Gasteiger partial charge in [0.25, 0.3) is 5.91 Å². The fourth-order valence-electron chi connectivity index (χ4n) is 2.53. The van der Waals surface area contributed by atoms with Gasteiger partial charge in [-0.2, -0.15) is 0 Å². The lowest BCUT2D eigenvalue weighted by molar-refractivity contribution is 0.102. The third-order valence-electron chi connectivity index (χ3n) is 3.62. The van der Waals surface area contributed by atoms with Crippen LogP contribution in [0.3, 0.4) is 0 Å². The average molecular weight is 341 g/mol. The van der Waals surface area contributed by atoms with E-state index in [1.54, 1.807) is 38.5 Å². The molecule has 0 unspecified atom stereocenters. The second-order valence-electron chi connectivity index (χ2n) is 5.25. The van der Waals surface area contributed by atoms with Crippen molar-refractivity contribution in [1.29, 1.82) is 0 Å². The van der Waals surface area contributed by atoms with Crippen LogP contribution in [0.4, 0.5) is 5.69 Å². The zero-order valence-electron chi connectivity index (χ0n) is 14.8. The summed E-state index contributed by atoms with van der Waals surface area (Å²) in [5.41, 5.74) is 1.93. The number of ether oxygens (including phenoxy) is 3. The average Bonchev–Trinajstić information content (AvgIpc) is 2.63. The van der Waals surface area contributed by atoms with E-state index in [0.717, 1.165) is 5.56 Å². The van der Waals surface area contributed by atoms with Crippen LogP contribution in [0.25, 0.3) is 0 Å². The van der Waals surface area contributed by atoms with Gasteiger partial charge in [-0.05, 0) is 37.6 Å². The van der Waals surface area contributed by atoms with Crippen LogP contribution >= 0.6 is 0 Å². The van der Waals surface area contributed by atoms with Crippen molar-refractivity contribution in [2.24, 2.45) is 0 Å². The number of rotatable bonds is 8. The van der Waals surface area contributed by atoms with Gasteiger partial charge in [-0.15, -0.1) is 6.58 Å². The van der Waals surface area contributed by atoms with Crippen molar-refractivity contribution in [2.75, 3.05) is 26.1 Å². The zero-order valence-corrected chi connectivity index (χ0v) is 14.8. The summed E-state index contributed by atoms with van der Waals surface area (Å²) >= 11 is 0. The van der Waals surface area contributed by atoms with E-state index in [4.69, 9.17) is 14.2 Å². The van der Waals surface area contributed by atoms with Crippen molar-refractivity contribution in [3.63, 3.8) is 0 Å². The number of carbonyl (C=O) groups is 1. The summed E-state index contributed by atoms with van der Waals surface area (Å²) < 4.78 is 16.3. The second kappa shape index (κ2) is 8.78. The first kappa shape index (κ1) is 18.4. The van der Waals surface area contributed by atoms with Crippen LogP contribution < -0.4 is 19.5 Å². The van der Waals surface area contributed by atoms with E-state index in [-0.39, 0.29) is 5.91 Å². The summed E-state index contributed by atoms with van der Waals surface area (Å²) in [7, 11) is 3.12. The number of para-hydroxylation sites is 2. The van der Waals surface area contributed by atoms with Crippen molar-refractivity contribution in [3.05, 3.63) is 60.2 Å². The monoisotopic (exact) mass is 341 g/mol. The molecule has 0 aliphatic rings. The highest BCUT2D eigenvalue weighted by Crippen LogP contribution is 2.34. The van der Waals surface area contributed by atoms with Crippen LogP contribution in [0.5, 0.6) is 17.2 Å². The molecule has 0 saturated heterocycles. The molecule has 2 rings (SSSR count). The predicted octanol–water partition coefficient (Wildman–Crippen LogP) is 4.08. The standard InChI is InChI=1S/C20H23NO4/c1-5-9-14-12-15(13-18(23-3)19(14)24-4)20(22)21-16-10-7-8-11-17(16)25-6-2/h5,7-8,10-13H,1,6,9H2,2-4H3,(H,21,22). The summed E-state index contributed by atoms with van der Waals surface area (Å²) in [5.74, 6) is 1.49. The number of hydrogen-bond acceptors (Lipinski definition) is 4. The molecule has 1 N–H and O–H groups in total. The molecule has 0 bridgehead atoms. The van der Waals surface area contributed by atoms with Crippen molar-refractivity contribution in [3.8, 4) is 17.2 Å². The molecule has 1 amide bonds. The molecule has 2 aromatic carbocycles. The summed E-state index contributed by atoms with van der Waals surface area (Å²) in [6.45, 7) is 6.17. The van der Waals surface area contributed by atoms with Crippen LogP contribution in [0.1, 0.15) is 22.8 Å². The maximum atomic E-state index is 12.7. The van der Waals surface area contributed by atoms with Crippen LogP contribution in [0.15, 0.2) is 49.1 Å². The van der Waals surface area contributed by atoms with Gasteiger partial charge in [-0.25, -0.2) is 0 Å². The topological polar surface area (TPSA) is 56.8 Å². The molecule has 25 heavy (non-hydrogen) atoms. The number of amides is 1. The Balaban J connectivity index is 2.36. The maximum absolute atomic E-state index is 12.7. The summed E-state index contributed by atoms with van der Waals surface area (Å²) in [6.07, 6.45) is 2.32. The van der Waals surface area contributed by atoms with Crippen molar-refractivity contribution < 1.29 is 19.0 Å². The largest absolute Gasteiger partial charge is 0.493 e. The zero-order chi connectivity index (χ0) is 18.2. The lowest BCUT2D eigenvalue weighted by atomic mass is 10.0. The molecule has 0 saturated carbocycles. The van der Waals surface area contributed by atoms with Crippen LogP contribution in [0.2, 0.25) is 0 Å². The lowest BCUT2D eigenvalue weighted by Gasteiger charge is -2.15. The fourth-order valence-corrected chi connectivity index (χ4v) is 2.53. The molecule has 5 nitrogen and oxygen atoms in total. The number of methoxy groups -OCH3 is 2. The van der Waals surface area contributed by atoms with E-state index in [0.29, 0.717) is 41.5 Å². The van der Waals surface area contributed by atoms with Gasteiger partial charge in [-0.1, -0.05) is 18.2 Å². The Hall–Kier alpha value is -2.95. The third-order valence-corrected chi connectivity index (χ3v) is 3.62. The molecule has 0 heterocycles. The minimum absolute atomic E-state index is 0.251. The summed E-state index contributed by atoms with van der Waals surface area (Å²) in [6, 6.07) is 10.8. The van der Waals surface area contributed by atoms with E-state index in [2.05, 4.69) is 11.9 Å². The smallest absolute Gasteiger partial charge is 0.255 e. The predicted molar refractivity (Wildman–Crippen MR) is 99.0 cm³/mol. The number of anilines is 1. The Labute approximate surface area is 148 Å². The first-order chi connectivity index (χ1) is 12.1. The van der Waals surface area contributed by atoms with Crippen LogP contribution in [0, 0.1) is 0 Å². The Morgan fingerprint density at radius 3 is 2.56 bits per heavy atom. The van der Waals surface area contributed by atoms with E-state index < -0.39 is 0 Å². The highest BCUT2D eigenvalue weighted by atomic mass is 16.5. The van der Waals surface area contributed by atoms with Gasteiger partial charge >= 0.3 is 0 Å². The molecular formula is C20H23NO4. The molecule has 5 heteroatoms. The molecule has 132 valence electrons. The van der Waals surface area contributed by atoms with Gasteiger partial charge < -0.3 is 19.5 Å². The van der Waals surface area contributed by atoms with Gasteiger partial charge in [0.1, 0.15) is 5.75 Å². The Kier molecular flexibility index (Phi) is 6.46. The molecule has 0 aliphatic carbocycles. The fraction of sp³-hybridized carbons (Fsp3) is 0.250. The number of allylic oxidation sites excluding steroid dienone is 1. The maximum Gasteiger partial charge on any atom is 0.255 e. The minimum atomic E-state index is -0.251. The van der Waals surface area contributed by atoms with Crippen molar-refractivity contribution in [1.82, 2.24) is 0 Å². The highest BCUT2D eigenvalue weighted by molar-refractivity contribution is 6.05. The normalized spacial score (nSPS) is 10.0. The first-order valence-electron chi connectivity index (χ1n) is 8.03. The number of hydrogen-bond donors (Lipinski definition) is 1. The summed E-state index contributed by atoms with van der Waals surface area (Å²) in [4.78, 5) is 12.7. The third kappa shape index (κ3) is 4.32. The molecule has 0 radical (unpaired) electrons. The Morgan fingerprint density at radius 1 is 1.16 bits per heavy atom. The lowest BCUT2D eigenvalue weighted by Crippen LogP contribution is -2.14. The summed E-state index contributed by atoms with van der Waals surface area (Å²) in [5, 5.41) is 2.88. The minimum Gasteiger partial charge on any atom is -0.493 e. The van der Waals surface area contributed by atoms with Gasteiger partial charge in [0, 0.05) is 11.1 Å². The van der Waals surface area contributed by atoms with Crippen molar-refractivity contribution in [2.45, 2.75) is 13.3 Å². The van der Waals surface area contributed by atoms with E-state index in [1.807, 2.05) is 25.1 Å². The Bertz CT molecular complexity index is 755. The van der Waals surface area contributed by atoms with E-state index in [1.165, 1.54) is 0 Å². The van der Waals surface area contributed by atoms with Crippen molar-refractivity contribution >= 4 is 11.6 Å². The molecular weight excluding hydrogens is 318 g/mol. The SMILES string of the molecule is C=CCc1cc(C(=O)Nc2ccccc2OCC)cc(OC)c1OC. The molecule has 0 aromatic heterocycles. The molecule has 2 aromatic rings. The van der Waals surface area contributed by atoms with Gasteiger partial charge in [0.2, 0.25) is 0 Å². The van der Waals surface area contributed by atoms with Crippen LogP contribution in [-0.2, 0) is 6.42 Å². The van der Waals surface area contributed by atoms with Gasteiger partial charge in [-0.3, -0.25) is 4.79 Å². The molecule has 0 atom stereocenters. The number of carbonyl (C=O) groups excluding carboxylic acids is 1. The van der Waals surface area contributed by atoms with E-state index in [9.17, 15) is 4.79 Å². The highest BCUT2D eigenvalue weighted by Gasteiger charge is 2.16. The second-order valence-corrected chi connectivity index (χ2v) is 5.25. The van der Waals surface area contributed by atoms with Gasteiger partial charge in [0.15, 0.2) is 11.5 Å². The molecule has 0 fully saturated rings. The number of nitrogens with one attached hydrogen (secondary N) is 1. The van der Waals surface area contributed by atoms with Gasteiger partial charge in [0.05, 0.1) is 26.5 Å². The van der Waals surface area contributed by atoms with E-state index >= 15 is 0 Å². The first-order valence-corrected chi connectivity index (χ1v) is 8.03. The Morgan fingerprint density at radius 2 is 1.92 bits per heavy atom. The quantitative estimate of drug-likeness (QED) is 0.735. The molecule has 0 spiro atoms. The number of benzene rings is 2.